The maximum absolute atomic E-state index is 12.0. The number of carbonyl (C=O) groups is 1. The van der Waals surface area contributed by atoms with Crippen LogP contribution in [-0.2, 0) is 11.2 Å². The number of aliphatic hydroxyl groups is 1. The second-order valence-corrected chi connectivity index (χ2v) is 6.37. The summed E-state index contributed by atoms with van der Waals surface area (Å²) in [5.41, 5.74) is 1.47. The highest BCUT2D eigenvalue weighted by Crippen LogP contribution is 2.31. The van der Waals surface area contributed by atoms with Gasteiger partial charge in [0, 0.05) is 6.54 Å². The van der Waals surface area contributed by atoms with Crippen molar-refractivity contribution in [2.24, 2.45) is 5.92 Å². The lowest BCUT2D eigenvalue weighted by molar-refractivity contribution is -0.122. The van der Waals surface area contributed by atoms with Crippen molar-refractivity contribution in [3.05, 3.63) is 35.4 Å². The molecular weight excluding hydrogens is 250 g/mol. The normalized spacial score (nSPS) is 26.2. The highest BCUT2D eigenvalue weighted by atomic mass is 16.3. The lowest BCUT2D eigenvalue weighted by Gasteiger charge is -2.35. The van der Waals surface area contributed by atoms with E-state index in [4.69, 9.17) is 0 Å². The number of amides is 1. The van der Waals surface area contributed by atoms with E-state index in [1.807, 2.05) is 31.2 Å². The van der Waals surface area contributed by atoms with Crippen molar-refractivity contribution in [3.8, 4) is 0 Å². The molecule has 1 saturated carbocycles. The lowest BCUT2D eigenvalue weighted by atomic mass is 9.79. The van der Waals surface area contributed by atoms with Crippen LogP contribution in [0.5, 0.6) is 0 Å². The molecule has 0 saturated heterocycles. The Labute approximate surface area is 121 Å². The number of benzene rings is 1. The first-order valence-electron chi connectivity index (χ1n) is 7.51. The molecule has 2 atom stereocenters. The molecule has 2 unspecified atom stereocenters. The summed E-state index contributed by atoms with van der Waals surface area (Å²) in [4.78, 5) is 12.0. The number of nitrogens with one attached hydrogen (secondary N) is 1. The van der Waals surface area contributed by atoms with E-state index in [9.17, 15) is 9.90 Å². The van der Waals surface area contributed by atoms with Gasteiger partial charge in [0.1, 0.15) is 0 Å². The first-order chi connectivity index (χ1) is 9.47. The molecule has 2 rings (SSSR count). The van der Waals surface area contributed by atoms with Crippen molar-refractivity contribution in [2.75, 3.05) is 6.54 Å². The molecule has 0 spiro atoms. The van der Waals surface area contributed by atoms with Gasteiger partial charge >= 0.3 is 0 Å². The van der Waals surface area contributed by atoms with E-state index in [1.54, 1.807) is 0 Å². The topological polar surface area (TPSA) is 49.3 Å². The summed E-state index contributed by atoms with van der Waals surface area (Å²) < 4.78 is 0. The summed E-state index contributed by atoms with van der Waals surface area (Å²) >= 11 is 0. The molecule has 1 aliphatic rings. The zero-order chi connectivity index (χ0) is 14.6. The van der Waals surface area contributed by atoms with Crippen LogP contribution in [0.1, 0.15) is 43.7 Å². The fourth-order valence-electron chi connectivity index (χ4n) is 3.13. The Hall–Kier alpha value is -1.35. The van der Waals surface area contributed by atoms with Gasteiger partial charge < -0.3 is 10.4 Å². The predicted octanol–water partition coefficient (Wildman–Crippen LogP) is 2.59. The van der Waals surface area contributed by atoms with E-state index < -0.39 is 5.60 Å². The van der Waals surface area contributed by atoms with Crippen LogP contribution in [0.3, 0.4) is 0 Å². The zero-order valence-electron chi connectivity index (χ0n) is 12.5. The highest BCUT2D eigenvalue weighted by Gasteiger charge is 2.32. The third-order valence-corrected chi connectivity index (χ3v) is 4.13. The molecular formula is C17H25NO2. The van der Waals surface area contributed by atoms with Crippen molar-refractivity contribution >= 4 is 5.91 Å². The van der Waals surface area contributed by atoms with Crippen LogP contribution in [0, 0.1) is 12.8 Å². The minimum atomic E-state index is -0.708. The van der Waals surface area contributed by atoms with Gasteiger partial charge in [-0.15, -0.1) is 0 Å². The maximum Gasteiger partial charge on any atom is 0.224 e. The first kappa shape index (κ1) is 15.0. The summed E-state index contributed by atoms with van der Waals surface area (Å²) in [7, 11) is 0. The van der Waals surface area contributed by atoms with E-state index in [0.29, 0.717) is 18.9 Å². The monoisotopic (exact) mass is 275 g/mol. The van der Waals surface area contributed by atoms with Gasteiger partial charge in [-0.2, -0.15) is 0 Å². The minimum absolute atomic E-state index is 0.0118. The molecule has 1 aromatic carbocycles. The van der Waals surface area contributed by atoms with Crippen LogP contribution in [0.25, 0.3) is 0 Å². The number of rotatable bonds is 4. The summed E-state index contributed by atoms with van der Waals surface area (Å²) in [6, 6.07) is 7.97. The van der Waals surface area contributed by atoms with Gasteiger partial charge in [-0.05, 0) is 31.2 Å². The Bertz CT molecular complexity index is 472. The average molecular weight is 275 g/mol. The molecule has 0 heterocycles. The van der Waals surface area contributed by atoms with Gasteiger partial charge in [-0.3, -0.25) is 4.79 Å². The van der Waals surface area contributed by atoms with Crippen molar-refractivity contribution in [1.29, 1.82) is 0 Å². The molecule has 1 aromatic rings. The Morgan fingerprint density at radius 1 is 1.50 bits per heavy atom. The van der Waals surface area contributed by atoms with Gasteiger partial charge in [0.05, 0.1) is 12.0 Å². The molecule has 0 aromatic heterocycles. The number of hydrogen-bond acceptors (Lipinski definition) is 2. The third kappa shape index (κ3) is 4.34. The Kier molecular flexibility index (Phi) is 4.81. The molecule has 20 heavy (non-hydrogen) atoms. The molecule has 110 valence electrons. The first-order valence-corrected chi connectivity index (χ1v) is 7.51. The van der Waals surface area contributed by atoms with Gasteiger partial charge in [0.15, 0.2) is 0 Å². The average Bonchev–Trinajstić information content (AvgIpc) is 2.36. The predicted molar refractivity (Wildman–Crippen MR) is 80.5 cm³/mol. The van der Waals surface area contributed by atoms with Crippen LogP contribution < -0.4 is 5.32 Å². The summed E-state index contributed by atoms with van der Waals surface area (Å²) in [5, 5.41) is 13.4. The molecule has 2 N–H and O–H groups in total. The maximum atomic E-state index is 12.0. The fraction of sp³-hybridized carbons (Fsp3) is 0.588. The minimum Gasteiger partial charge on any atom is -0.388 e. The Morgan fingerprint density at radius 2 is 2.30 bits per heavy atom. The van der Waals surface area contributed by atoms with Crippen LogP contribution in [0.2, 0.25) is 0 Å². The van der Waals surface area contributed by atoms with Gasteiger partial charge in [0.25, 0.3) is 0 Å². The van der Waals surface area contributed by atoms with E-state index in [2.05, 4.69) is 12.2 Å². The smallest absolute Gasteiger partial charge is 0.224 e. The molecule has 3 heteroatoms. The molecule has 0 bridgehead atoms. The van der Waals surface area contributed by atoms with E-state index in [1.165, 1.54) is 6.42 Å². The third-order valence-electron chi connectivity index (χ3n) is 4.13. The van der Waals surface area contributed by atoms with Gasteiger partial charge in [-0.1, -0.05) is 49.6 Å². The van der Waals surface area contributed by atoms with Gasteiger partial charge in [-0.25, -0.2) is 0 Å². The Morgan fingerprint density at radius 3 is 3.00 bits per heavy atom. The SMILES string of the molecule is Cc1cccc(CC(=O)NCC2(O)CCCC(C)C2)c1. The van der Waals surface area contributed by atoms with E-state index in [-0.39, 0.29) is 5.91 Å². The van der Waals surface area contributed by atoms with Crippen molar-refractivity contribution in [1.82, 2.24) is 5.32 Å². The molecule has 3 nitrogen and oxygen atoms in total. The zero-order valence-corrected chi connectivity index (χ0v) is 12.5. The highest BCUT2D eigenvalue weighted by molar-refractivity contribution is 5.78. The quantitative estimate of drug-likeness (QED) is 0.887. The van der Waals surface area contributed by atoms with Crippen molar-refractivity contribution < 1.29 is 9.90 Å². The number of carbonyl (C=O) groups excluding carboxylic acids is 1. The van der Waals surface area contributed by atoms with E-state index in [0.717, 1.165) is 30.4 Å². The molecule has 0 aliphatic heterocycles. The van der Waals surface area contributed by atoms with Crippen molar-refractivity contribution in [2.45, 2.75) is 51.6 Å². The lowest BCUT2D eigenvalue weighted by Crippen LogP contribution is -2.46. The van der Waals surface area contributed by atoms with Crippen LogP contribution >= 0.6 is 0 Å². The van der Waals surface area contributed by atoms with E-state index >= 15 is 0 Å². The fourth-order valence-corrected chi connectivity index (χ4v) is 3.13. The number of hydrogen-bond donors (Lipinski definition) is 2. The summed E-state index contributed by atoms with van der Waals surface area (Å²) in [6.45, 7) is 4.56. The second-order valence-electron chi connectivity index (χ2n) is 6.37. The largest absolute Gasteiger partial charge is 0.388 e. The standard InChI is InChI=1S/C17H25NO2/c1-13-5-3-7-15(9-13)10-16(19)18-12-17(20)8-4-6-14(2)11-17/h3,5,7,9,14,20H,4,6,8,10-12H2,1-2H3,(H,18,19). The number of aryl methyl sites for hydroxylation is 1. The van der Waals surface area contributed by atoms with Gasteiger partial charge in [0.2, 0.25) is 5.91 Å². The molecule has 1 fully saturated rings. The van der Waals surface area contributed by atoms with Crippen LogP contribution in [0.15, 0.2) is 24.3 Å². The molecule has 0 radical (unpaired) electrons. The van der Waals surface area contributed by atoms with Crippen LogP contribution in [-0.4, -0.2) is 23.2 Å². The molecule has 1 aliphatic carbocycles. The van der Waals surface area contributed by atoms with Crippen LogP contribution in [0.4, 0.5) is 0 Å². The van der Waals surface area contributed by atoms with Crippen molar-refractivity contribution in [3.63, 3.8) is 0 Å². The summed E-state index contributed by atoms with van der Waals surface area (Å²) in [5.74, 6) is 0.532. The molecule has 1 amide bonds. The second kappa shape index (κ2) is 6.40. The summed E-state index contributed by atoms with van der Waals surface area (Å²) in [6.07, 6.45) is 4.19. The Balaban J connectivity index is 1.83.